The van der Waals surface area contributed by atoms with Gasteiger partial charge in [-0.3, -0.25) is 14.9 Å². The number of carbonyl (C=O) groups excluding carboxylic acids is 1. The lowest BCUT2D eigenvalue weighted by Crippen LogP contribution is -2.39. The van der Waals surface area contributed by atoms with Crippen molar-refractivity contribution >= 4 is 17.5 Å². The van der Waals surface area contributed by atoms with Crippen molar-refractivity contribution < 1.29 is 14.5 Å². The third-order valence-corrected chi connectivity index (χ3v) is 3.44. The van der Waals surface area contributed by atoms with Crippen molar-refractivity contribution in [2.24, 2.45) is 5.92 Å². The van der Waals surface area contributed by atoms with Gasteiger partial charge in [-0.2, -0.15) is 0 Å². The highest BCUT2D eigenvalue weighted by Gasteiger charge is 2.30. The van der Waals surface area contributed by atoms with E-state index in [4.69, 9.17) is 4.74 Å². The number of rotatable bonds is 3. The second kappa shape index (κ2) is 5.85. The van der Waals surface area contributed by atoms with Gasteiger partial charge in [0.15, 0.2) is 0 Å². The highest BCUT2D eigenvalue weighted by molar-refractivity contribution is 5.73. The summed E-state index contributed by atoms with van der Waals surface area (Å²) in [6, 6.07) is 1.50. The molecule has 0 bridgehead atoms. The van der Waals surface area contributed by atoms with Crippen molar-refractivity contribution in [3.05, 3.63) is 27.9 Å². The van der Waals surface area contributed by atoms with Gasteiger partial charge < -0.3 is 9.64 Å². The van der Waals surface area contributed by atoms with Crippen LogP contribution < -0.4 is 4.90 Å². The molecule has 1 aliphatic rings. The fourth-order valence-corrected chi connectivity index (χ4v) is 2.45. The Morgan fingerprint density at radius 2 is 2.35 bits per heavy atom. The summed E-state index contributed by atoms with van der Waals surface area (Å²) in [7, 11) is 1.36. The van der Waals surface area contributed by atoms with Crippen LogP contribution in [0.1, 0.15) is 18.4 Å². The van der Waals surface area contributed by atoms with Gasteiger partial charge in [0.25, 0.3) is 0 Å². The Kier molecular flexibility index (Phi) is 4.16. The first-order valence-electron chi connectivity index (χ1n) is 6.46. The smallest absolute Gasteiger partial charge is 0.311 e. The van der Waals surface area contributed by atoms with Crippen molar-refractivity contribution in [2.75, 3.05) is 25.1 Å². The standard InChI is InChI=1S/C13H17N3O4/c1-9-6-11(16(18)19)12(14-7-9)15-5-3-4-10(8-15)13(17)20-2/h6-7,10H,3-5,8H2,1-2H3. The van der Waals surface area contributed by atoms with E-state index in [9.17, 15) is 14.9 Å². The average Bonchev–Trinajstić information content (AvgIpc) is 2.46. The maximum Gasteiger partial charge on any atom is 0.311 e. The molecular formula is C13H17N3O4. The highest BCUT2D eigenvalue weighted by atomic mass is 16.6. The van der Waals surface area contributed by atoms with Crippen LogP contribution in [-0.2, 0) is 9.53 Å². The summed E-state index contributed by atoms with van der Waals surface area (Å²) in [5, 5.41) is 11.1. The summed E-state index contributed by atoms with van der Waals surface area (Å²) in [4.78, 5) is 28.3. The van der Waals surface area contributed by atoms with E-state index in [0.717, 1.165) is 18.4 Å². The Balaban J connectivity index is 2.27. The zero-order valence-electron chi connectivity index (χ0n) is 11.5. The first kappa shape index (κ1) is 14.2. The third kappa shape index (κ3) is 2.87. The Morgan fingerprint density at radius 3 is 3.00 bits per heavy atom. The van der Waals surface area contributed by atoms with Gasteiger partial charge in [0.05, 0.1) is 18.0 Å². The maximum atomic E-state index is 11.6. The molecule has 1 unspecified atom stereocenters. The number of nitro groups is 1. The molecule has 0 N–H and O–H groups in total. The molecule has 0 radical (unpaired) electrons. The van der Waals surface area contributed by atoms with E-state index in [0.29, 0.717) is 18.9 Å². The predicted octanol–water partition coefficient (Wildman–Crippen LogP) is 1.69. The molecule has 2 rings (SSSR count). The number of methoxy groups -OCH3 is 1. The highest BCUT2D eigenvalue weighted by Crippen LogP contribution is 2.30. The van der Waals surface area contributed by atoms with Gasteiger partial charge in [0.1, 0.15) is 0 Å². The van der Waals surface area contributed by atoms with E-state index in [2.05, 4.69) is 4.98 Å². The second-order valence-electron chi connectivity index (χ2n) is 4.92. The molecule has 20 heavy (non-hydrogen) atoms. The molecule has 0 saturated carbocycles. The largest absolute Gasteiger partial charge is 0.469 e. The number of hydrogen-bond acceptors (Lipinski definition) is 6. The fraction of sp³-hybridized carbons (Fsp3) is 0.538. The first-order valence-corrected chi connectivity index (χ1v) is 6.46. The van der Waals surface area contributed by atoms with Crippen LogP contribution in [0.3, 0.4) is 0 Å². The van der Waals surface area contributed by atoms with Crippen molar-refractivity contribution in [3.63, 3.8) is 0 Å². The number of hydrogen-bond donors (Lipinski definition) is 0. The molecule has 7 nitrogen and oxygen atoms in total. The van der Waals surface area contributed by atoms with Gasteiger partial charge in [0.2, 0.25) is 5.82 Å². The molecular weight excluding hydrogens is 262 g/mol. The number of anilines is 1. The monoisotopic (exact) mass is 279 g/mol. The second-order valence-corrected chi connectivity index (χ2v) is 4.92. The average molecular weight is 279 g/mol. The lowest BCUT2D eigenvalue weighted by atomic mass is 9.98. The Hall–Kier alpha value is -2.18. The minimum Gasteiger partial charge on any atom is -0.469 e. The minimum atomic E-state index is -0.433. The first-order chi connectivity index (χ1) is 9.52. The molecule has 0 aliphatic carbocycles. The summed E-state index contributed by atoms with van der Waals surface area (Å²) in [6.07, 6.45) is 3.12. The number of aromatic nitrogens is 1. The molecule has 0 aromatic carbocycles. The van der Waals surface area contributed by atoms with Gasteiger partial charge in [-0.25, -0.2) is 4.98 Å². The summed E-state index contributed by atoms with van der Waals surface area (Å²) in [6.45, 7) is 2.82. The Morgan fingerprint density at radius 1 is 1.60 bits per heavy atom. The lowest BCUT2D eigenvalue weighted by molar-refractivity contribution is -0.384. The van der Waals surface area contributed by atoms with E-state index in [-0.39, 0.29) is 17.6 Å². The van der Waals surface area contributed by atoms with Crippen LogP contribution in [0.15, 0.2) is 12.3 Å². The molecule has 1 fully saturated rings. The number of esters is 1. The van der Waals surface area contributed by atoms with Crippen LogP contribution in [0.2, 0.25) is 0 Å². The summed E-state index contributed by atoms with van der Waals surface area (Å²) in [5.74, 6) is -0.199. The Bertz CT molecular complexity index is 532. The molecule has 1 atom stereocenters. The summed E-state index contributed by atoms with van der Waals surface area (Å²) >= 11 is 0. The molecule has 0 spiro atoms. The van der Waals surface area contributed by atoms with Crippen LogP contribution >= 0.6 is 0 Å². The zero-order valence-corrected chi connectivity index (χ0v) is 11.5. The topological polar surface area (TPSA) is 85.6 Å². The van der Waals surface area contributed by atoms with Crippen molar-refractivity contribution in [2.45, 2.75) is 19.8 Å². The number of piperidine rings is 1. The van der Waals surface area contributed by atoms with Gasteiger partial charge in [-0.15, -0.1) is 0 Å². The van der Waals surface area contributed by atoms with Gasteiger partial charge in [-0.05, 0) is 25.3 Å². The van der Waals surface area contributed by atoms with Crippen LogP contribution in [0.25, 0.3) is 0 Å². The maximum absolute atomic E-state index is 11.6. The van der Waals surface area contributed by atoms with Crippen molar-refractivity contribution in [3.8, 4) is 0 Å². The van der Waals surface area contributed by atoms with Crippen molar-refractivity contribution in [1.82, 2.24) is 4.98 Å². The molecule has 1 saturated heterocycles. The van der Waals surface area contributed by atoms with Crippen LogP contribution in [0.4, 0.5) is 11.5 Å². The molecule has 7 heteroatoms. The normalized spacial score (nSPS) is 18.7. The van der Waals surface area contributed by atoms with E-state index in [1.165, 1.54) is 13.2 Å². The van der Waals surface area contributed by atoms with Crippen molar-refractivity contribution in [1.29, 1.82) is 0 Å². The Labute approximate surface area is 116 Å². The zero-order chi connectivity index (χ0) is 14.7. The molecule has 2 heterocycles. The number of aryl methyl sites for hydroxylation is 1. The van der Waals surface area contributed by atoms with Crippen LogP contribution in [0, 0.1) is 23.0 Å². The minimum absolute atomic E-state index is 0.0180. The quantitative estimate of drug-likeness (QED) is 0.475. The molecule has 0 amide bonds. The number of carbonyl (C=O) groups is 1. The van der Waals surface area contributed by atoms with Gasteiger partial charge in [-0.1, -0.05) is 0 Å². The molecule has 1 aromatic rings. The van der Waals surface area contributed by atoms with Crippen LogP contribution in [0.5, 0.6) is 0 Å². The molecule has 1 aliphatic heterocycles. The number of nitrogens with zero attached hydrogens (tertiary/aromatic N) is 3. The summed E-state index contributed by atoms with van der Waals surface area (Å²) < 4.78 is 4.75. The third-order valence-electron chi connectivity index (χ3n) is 3.44. The summed E-state index contributed by atoms with van der Waals surface area (Å²) in [5.41, 5.74) is 0.720. The predicted molar refractivity (Wildman–Crippen MR) is 72.6 cm³/mol. The van der Waals surface area contributed by atoms with Gasteiger partial charge in [0, 0.05) is 25.4 Å². The van der Waals surface area contributed by atoms with E-state index < -0.39 is 4.92 Å². The van der Waals surface area contributed by atoms with E-state index in [1.807, 2.05) is 0 Å². The molecule has 1 aromatic heterocycles. The number of ether oxygens (including phenoxy) is 1. The fourth-order valence-electron chi connectivity index (χ4n) is 2.45. The van der Waals surface area contributed by atoms with E-state index in [1.54, 1.807) is 18.0 Å². The van der Waals surface area contributed by atoms with Crippen LogP contribution in [-0.4, -0.2) is 36.1 Å². The lowest BCUT2D eigenvalue weighted by Gasteiger charge is -2.31. The number of pyridine rings is 1. The molecule has 108 valence electrons. The van der Waals surface area contributed by atoms with E-state index >= 15 is 0 Å². The SMILES string of the molecule is COC(=O)C1CCCN(c2ncc(C)cc2[N+](=O)[O-])C1. The van der Waals surface area contributed by atoms with Gasteiger partial charge >= 0.3 is 11.7 Å².